The number of anilines is 1. The van der Waals surface area contributed by atoms with Gasteiger partial charge in [-0.25, -0.2) is 0 Å². The van der Waals surface area contributed by atoms with Crippen molar-refractivity contribution in [1.82, 2.24) is 9.88 Å². The molecular formula is C26H27N3O6. The third-order valence-corrected chi connectivity index (χ3v) is 6.13. The van der Waals surface area contributed by atoms with Crippen LogP contribution in [-0.2, 0) is 4.79 Å². The zero-order valence-electron chi connectivity index (χ0n) is 20.2. The molecule has 0 saturated carbocycles. The highest BCUT2D eigenvalue weighted by molar-refractivity contribution is 6.05. The van der Waals surface area contributed by atoms with Gasteiger partial charge in [-0.05, 0) is 41.5 Å². The first-order valence-corrected chi connectivity index (χ1v) is 10.9. The van der Waals surface area contributed by atoms with E-state index in [0.717, 1.165) is 5.56 Å². The lowest BCUT2D eigenvalue weighted by Crippen LogP contribution is -2.44. The van der Waals surface area contributed by atoms with Crippen LogP contribution in [0, 0.1) is 0 Å². The number of hydrogen-bond donors (Lipinski definition) is 1. The molecular weight excluding hydrogens is 450 g/mol. The second-order valence-electron chi connectivity index (χ2n) is 7.98. The number of aromatic nitrogens is 1. The predicted octanol–water partition coefficient (Wildman–Crippen LogP) is 3.67. The number of methoxy groups -OCH3 is 4. The average molecular weight is 478 g/mol. The van der Waals surface area contributed by atoms with Crippen LogP contribution in [-0.4, -0.2) is 57.2 Å². The molecule has 1 aromatic heterocycles. The van der Waals surface area contributed by atoms with Gasteiger partial charge in [0.05, 0.1) is 40.4 Å². The Labute approximate surface area is 203 Å². The summed E-state index contributed by atoms with van der Waals surface area (Å²) >= 11 is 0. The Morgan fingerprint density at radius 1 is 0.914 bits per heavy atom. The molecule has 9 heteroatoms. The molecule has 0 aliphatic carbocycles. The number of benzene rings is 2. The molecule has 4 rings (SSSR count). The van der Waals surface area contributed by atoms with Crippen molar-refractivity contribution in [3.8, 4) is 23.0 Å². The van der Waals surface area contributed by atoms with Gasteiger partial charge in [-0.15, -0.1) is 0 Å². The maximum atomic E-state index is 13.9. The van der Waals surface area contributed by atoms with Crippen LogP contribution < -0.4 is 24.3 Å². The average Bonchev–Trinajstić information content (AvgIpc) is 2.89. The van der Waals surface area contributed by atoms with Crippen molar-refractivity contribution in [3.63, 3.8) is 0 Å². The summed E-state index contributed by atoms with van der Waals surface area (Å²) in [6, 6.07) is 11.5. The highest BCUT2D eigenvalue weighted by Crippen LogP contribution is 2.46. The van der Waals surface area contributed by atoms with Crippen LogP contribution >= 0.6 is 0 Å². The summed E-state index contributed by atoms with van der Waals surface area (Å²) in [7, 11) is 7.76. The summed E-state index contributed by atoms with van der Waals surface area (Å²) in [6.45, 7) is 0. The molecule has 0 fully saturated rings. The first-order valence-electron chi connectivity index (χ1n) is 10.9. The largest absolute Gasteiger partial charge is 0.493 e. The van der Waals surface area contributed by atoms with Gasteiger partial charge in [-0.1, -0.05) is 6.07 Å². The molecule has 35 heavy (non-hydrogen) atoms. The third-order valence-electron chi connectivity index (χ3n) is 6.13. The summed E-state index contributed by atoms with van der Waals surface area (Å²) < 4.78 is 21.5. The molecule has 2 aromatic carbocycles. The van der Waals surface area contributed by atoms with E-state index in [-0.39, 0.29) is 11.8 Å². The van der Waals surface area contributed by atoms with Gasteiger partial charge >= 0.3 is 0 Å². The van der Waals surface area contributed by atoms with Crippen LogP contribution in [0.5, 0.6) is 23.0 Å². The summed E-state index contributed by atoms with van der Waals surface area (Å²) in [5.41, 5.74) is 2.17. The lowest BCUT2D eigenvalue weighted by Gasteiger charge is -2.39. The molecule has 1 aliphatic rings. The number of rotatable bonds is 7. The zero-order valence-corrected chi connectivity index (χ0v) is 20.2. The molecule has 2 amide bonds. The maximum absolute atomic E-state index is 13.9. The Hall–Kier alpha value is -4.27. The topological polar surface area (TPSA) is 99.2 Å². The number of carbonyl (C=O) groups is 2. The van der Waals surface area contributed by atoms with E-state index < -0.39 is 12.0 Å². The highest BCUT2D eigenvalue weighted by atomic mass is 16.5. The number of nitrogens with one attached hydrogen (secondary N) is 1. The van der Waals surface area contributed by atoms with Crippen LogP contribution in [0.1, 0.15) is 33.4 Å². The second kappa shape index (κ2) is 9.92. The predicted molar refractivity (Wildman–Crippen MR) is 130 cm³/mol. The fraction of sp³-hybridized carbons (Fsp3) is 0.269. The van der Waals surface area contributed by atoms with Crippen molar-refractivity contribution in [2.75, 3.05) is 40.8 Å². The Morgan fingerprint density at radius 3 is 2.20 bits per heavy atom. The van der Waals surface area contributed by atoms with Crippen LogP contribution in [0.25, 0.3) is 0 Å². The molecule has 2 heterocycles. The number of likely N-dealkylation sites (N-methyl/N-ethyl adjacent to an activating group) is 1. The van der Waals surface area contributed by atoms with Gasteiger partial charge in [-0.2, -0.15) is 0 Å². The van der Waals surface area contributed by atoms with Crippen molar-refractivity contribution in [2.45, 2.75) is 12.0 Å². The van der Waals surface area contributed by atoms with E-state index >= 15 is 0 Å². The SMILES string of the molecule is COc1ccc(NC(=O)[C@@H]2c3cc(OC)c(OC)cc3C(=O)N(C)[C@@H]2c2cccnc2)cc1OC. The van der Waals surface area contributed by atoms with Gasteiger partial charge in [0.15, 0.2) is 23.0 Å². The molecule has 0 radical (unpaired) electrons. The molecule has 0 bridgehead atoms. The number of fused-ring (bicyclic) bond motifs is 1. The summed E-state index contributed by atoms with van der Waals surface area (Å²) in [4.78, 5) is 33.0. The van der Waals surface area contributed by atoms with E-state index in [1.807, 2.05) is 6.07 Å². The maximum Gasteiger partial charge on any atom is 0.254 e. The Balaban J connectivity index is 1.84. The molecule has 9 nitrogen and oxygen atoms in total. The normalized spacial score (nSPS) is 16.8. The summed E-state index contributed by atoms with van der Waals surface area (Å²) in [5.74, 6) is 0.568. The number of ether oxygens (including phenoxy) is 4. The molecule has 182 valence electrons. The minimum atomic E-state index is -0.759. The first-order chi connectivity index (χ1) is 16.9. The monoisotopic (exact) mass is 477 g/mol. The third kappa shape index (κ3) is 4.32. The molecule has 1 aliphatic heterocycles. The van der Waals surface area contributed by atoms with Crippen molar-refractivity contribution in [3.05, 3.63) is 71.5 Å². The van der Waals surface area contributed by atoms with E-state index in [9.17, 15) is 9.59 Å². The van der Waals surface area contributed by atoms with Gasteiger partial charge in [0.25, 0.3) is 5.91 Å². The van der Waals surface area contributed by atoms with E-state index in [0.29, 0.717) is 39.8 Å². The standard InChI is InChI=1S/C26H27N3O6/c1-29-24(15-7-6-10-27-14-15)23(17-12-21(34-4)22(35-5)13-18(17)26(29)31)25(30)28-16-8-9-19(32-2)20(11-16)33-3/h6-14,23-24H,1-5H3,(H,28,30)/t23-,24-/m1/s1. The number of pyridine rings is 1. The summed E-state index contributed by atoms with van der Waals surface area (Å²) in [5, 5.41) is 2.97. The van der Waals surface area contributed by atoms with Crippen LogP contribution in [0.2, 0.25) is 0 Å². The lowest BCUT2D eigenvalue weighted by molar-refractivity contribution is -0.119. The second-order valence-corrected chi connectivity index (χ2v) is 7.98. The molecule has 0 unspecified atom stereocenters. The van der Waals surface area contributed by atoms with Crippen molar-refractivity contribution >= 4 is 17.5 Å². The fourth-order valence-electron chi connectivity index (χ4n) is 4.43. The van der Waals surface area contributed by atoms with E-state index in [2.05, 4.69) is 10.3 Å². The van der Waals surface area contributed by atoms with Gasteiger partial charge in [-0.3, -0.25) is 14.6 Å². The van der Waals surface area contributed by atoms with Crippen molar-refractivity contribution in [1.29, 1.82) is 0 Å². The quantitative estimate of drug-likeness (QED) is 0.554. The van der Waals surface area contributed by atoms with Crippen molar-refractivity contribution < 1.29 is 28.5 Å². The van der Waals surface area contributed by atoms with Gasteiger partial charge in [0.1, 0.15) is 0 Å². The fourth-order valence-corrected chi connectivity index (χ4v) is 4.43. The minimum absolute atomic E-state index is 0.232. The smallest absolute Gasteiger partial charge is 0.254 e. The molecule has 0 spiro atoms. The van der Waals surface area contributed by atoms with Gasteiger partial charge in [0, 0.05) is 36.8 Å². The first kappa shape index (κ1) is 23.9. The number of carbonyl (C=O) groups excluding carboxylic acids is 2. The number of amides is 2. The Bertz CT molecular complexity index is 1250. The van der Waals surface area contributed by atoms with E-state index in [1.54, 1.807) is 67.8 Å². The lowest BCUT2D eigenvalue weighted by atomic mass is 9.79. The number of hydrogen-bond acceptors (Lipinski definition) is 7. The minimum Gasteiger partial charge on any atom is -0.493 e. The molecule has 2 atom stereocenters. The molecule has 1 N–H and O–H groups in total. The Kier molecular flexibility index (Phi) is 6.77. The highest BCUT2D eigenvalue weighted by Gasteiger charge is 2.43. The van der Waals surface area contributed by atoms with Crippen LogP contribution in [0.3, 0.4) is 0 Å². The van der Waals surface area contributed by atoms with E-state index in [4.69, 9.17) is 18.9 Å². The van der Waals surface area contributed by atoms with Crippen LogP contribution in [0.15, 0.2) is 54.9 Å². The molecule has 0 saturated heterocycles. The van der Waals surface area contributed by atoms with E-state index in [1.165, 1.54) is 21.3 Å². The molecule has 3 aromatic rings. The van der Waals surface area contributed by atoms with Crippen LogP contribution in [0.4, 0.5) is 5.69 Å². The Morgan fingerprint density at radius 2 is 1.57 bits per heavy atom. The van der Waals surface area contributed by atoms with Gasteiger partial charge < -0.3 is 29.2 Å². The summed E-state index contributed by atoms with van der Waals surface area (Å²) in [6.07, 6.45) is 3.31. The zero-order chi connectivity index (χ0) is 25.1. The number of nitrogens with zero attached hydrogens (tertiary/aromatic N) is 2. The van der Waals surface area contributed by atoms with Crippen molar-refractivity contribution in [2.24, 2.45) is 0 Å². The van der Waals surface area contributed by atoms with Gasteiger partial charge in [0.2, 0.25) is 5.91 Å².